The fourth-order valence-corrected chi connectivity index (χ4v) is 5.05. The minimum absolute atomic E-state index is 0.102. The fourth-order valence-electron chi connectivity index (χ4n) is 2.68. The molecule has 1 amide bonds. The Labute approximate surface area is 133 Å². The number of carbonyl (C=O) groups is 1. The molecule has 2 aromatic rings. The Morgan fingerprint density at radius 1 is 1.48 bits per heavy atom. The maximum absolute atomic E-state index is 12.8. The van der Waals surface area contributed by atoms with Crippen molar-refractivity contribution in [1.82, 2.24) is 4.90 Å². The van der Waals surface area contributed by atoms with Crippen LogP contribution >= 0.6 is 23.1 Å². The van der Waals surface area contributed by atoms with Crippen molar-refractivity contribution in [3.8, 4) is 0 Å². The monoisotopic (exact) mass is 320 g/mol. The van der Waals surface area contributed by atoms with E-state index in [1.165, 1.54) is 16.9 Å². The predicted molar refractivity (Wildman–Crippen MR) is 93.4 cm³/mol. The van der Waals surface area contributed by atoms with Crippen molar-refractivity contribution in [2.75, 3.05) is 24.6 Å². The summed E-state index contributed by atoms with van der Waals surface area (Å²) in [4.78, 5) is 15.5. The molecule has 3 nitrogen and oxygen atoms in total. The number of benzene rings is 1. The maximum atomic E-state index is 12.8. The normalized spacial score (nSPS) is 19.1. The van der Waals surface area contributed by atoms with Crippen LogP contribution in [-0.4, -0.2) is 34.9 Å². The quantitative estimate of drug-likeness (QED) is 0.916. The van der Waals surface area contributed by atoms with Crippen LogP contribution in [0.5, 0.6) is 0 Å². The second-order valence-corrected chi connectivity index (χ2v) is 7.96. The lowest BCUT2D eigenvalue weighted by atomic mass is 10.1. The molecule has 0 bridgehead atoms. The first-order valence-corrected chi connectivity index (χ1v) is 9.16. The van der Waals surface area contributed by atoms with E-state index < -0.39 is 0 Å². The molecule has 2 N–H and O–H groups in total. The number of hydrogen-bond acceptors (Lipinski definition) is 4. The van der Waals surface area contributed by atoms with Crippen LogP contribution in [-0.2, 0) is 0 Å². The third kappa shape index (κ3) is 2.77. The van der Waals surface area contributed by atoms with E-state index >= 15 is 0 Å². The average molecular weight is 320 g/mol. The third-order valence-electron chi connectivity index (χ3n) is 3.96. The molecule has 0 saturated carbocycles. The summed E-state index contributed by atoms with van der Waals surface area (Å²) < 4.78 is 1.11. The molecule has 1 aromatic carbocycles. The van der Waals surface area contributed by atoms with E-state index in [1.54, 1.807) is 0 Å². The highest BCUT2D eigenvalue weighted by molar-refractivity contribution is 8.00. The number of nitrogen functional groups attached to an aromatic ring is 1. The molecule has 1 aliphatic heterocycles. The zero-order chi connectivity index (χ0) is 15.0. The summed E-state index contributed by atoms with van der Waals surface area (Å²) in [5, 5.41) is 1.56. The molecule has 0 radical (unpaired) electrons. The van der Waals surface area contributed by atoms with Gasteiger partial charge in [-0.25, -0.2) is 0 Å². The van der Waals surface area contributed by atoms with Gasteiger partial charge in [0.1, 0.15) is 4.88 Å². The lowest BCUT2D eigenvalue weighted by Crippen LogP contribution is -2.41. The first kappa shape index (κ1) is 14.7. The molecule has 112 valence electrons. The minimum atomic E-state index is 0.102. The summed E-state index contributed by atoms with van der Waals surface area (Å²) >= 11 is 3.49. The van der Waals surface area contributed by atoms with Crippen molar-refractivity contribution in [3.63, 3.8) is 0 Å². The Kier molecular flexibility index (Phi) is 4.13. The number of nitrogens with two attached hydrogens (primary N) is 1. The second kappa shape index (κ2) is 5.89. The smallest absolute Gasteiger partial charge is 0.266 e. The number of nitrogens with zero attached hydrogens (tertiary/aromatic N) is 1. The van der Waals surface area contributed by atoms with Crippen molar-refractivity contribution >= 4 is 44.8 Å². The number of thiophene rings is 1. The number of amides is 1. The molecule has 0 aliphatic carbocycles. The van der Waals surface area contributed by atoms with E-state index in [0.717, 1.165) is 35.3 Å². The van der Waals surface area contributed by atoms with Gasteiger partial charge in [-0.2, -0.15) is 11.8 Å². The van der Waals surface area contributed by atoms with Crippen molar-refractivity contribution in [1.29, 1.82) is 0 Å². The third-order valence-corrected chi connectivity index (χ3v) is 6.49. The van der Waals surface area contributed by atoms with Crippen LogP contribution in [0.25, 0.3) is 10.1 Å². The summed E-state index contributed by atoms with van der Waals surface area (Å²) in [7, 11) is 0. The number of rotatable bonds is 2. The van der Waals surface area contributed by atoms with Gasteiger partial charge in [0, 0.05) is 34.2 Å². The Bertz CT molecular complexity index is 680. The van der Waals surface area contributed by atoms with Crippen LogP contribution in [0, 0.1) is 6.92 Å². The van der Waals surface area contributed by atoms with Crippen molar-refractivity contribution in [2.45, 2.75) is 25.5 Å². The van der Waals surface area contributed by atoms with E-state index in [-0.39, 0.29) is 5.91 Å². The number of hydrogen-bond donors (Lipinski definition) is 1. The van der Waals surface area contributed by atoms with E-state index in [2.05, 4.69) is 19.9 Å². The Balaban J connectivity index is 1.92. The Hall–Kier alpha value is -1.20. The van der Waals surface area contributed by atoms with Crippen molar-refractivity contribution < 1.29 is 4.79 Å². The fraction of sp³-hybridized carbons (Fsp3) is 0.438. The van der Waals surface area contributed by atoms with Gasteiger partial charge in [0.2, 0.25) is 0 Å². The molecule has 1 atom stereocenters. The zero-order valence-electron chi connectivity index (χ0n) is 12.4. The Morgan fingerprint density at radius 3 is 3.05 bits per heavy atom. The van der Waals surface area contributed by atoms with Crippen LogP contribution in [0.15, 0.2) is 18.2 Å². The summed E-state index contributed by atoms with van der Waals surface area (Å²) in [6.07, 6.45) is 1.11. The van der Waals surface area contributed by atoms with Gasteiger partial charge in [-0.05, 0) is 25.0 Å². The summed E-state index contributed by atoms with van der Waals surface area (Å²) in [5.41, 5.74) is 8.06. The van der Waals surface area contributed by atoms with Gasteiger partial charge in [0.15, 0.2) is 0 Å². The van der Waals surface area contributed by atoms with Crippen LogP contribution in [0.1, 0.15) is 28.6 Å². The number of anilines is 1. The predicted octanol–water partition coefficient (Wildman–Crippen LogP) is 3.76. The number of fused-ring (bicyclic) bond motifs is 1. The van der Waals surface area contributed by atoms with E-state index in [9.17, 15) is 4.79 Å². The molecular formula is C16H20N2OS2. The molecule has 1 fully saturated rings. The van der Waals surface area contributed by atoms with Gasteiger partial charge in [-0.15, -0.1) is 11.3 Å². The average Bonchev–Trinajstić information content (AvgIpc) is 2.83. The van der Waals surface area contributed by atoms with Crippen LogP contribution in [0.2, 0.25) is 0 Å². The highest BCUT2D eigenvalue weighted by Gasteiger charge is 2.27. The van der Waals surface area contributed by atoms with Gasteiger partial charge in [-0.3, -0.25) is 4.79 Å². The molecule has 21 heavy (non-hydrogen) atoms. The van der Waals surface area contributed by atoms with Crippen LogP contribution < -0.4 is 5.73 Å². The number of aryl methyl sites for hydroxylation is 1. The minimum Gasteiger partial charge on any atom is -0.397 e. The largest absolute Gasteiger partial charge is 0.397 e. The van der Waals surface area contributed by atoms with Crippen molar-refractivity contribution in [2.24, 2.45) is 0 Å². The standard InChI is InChI=1S/C16H20N2OS2/c1-3-11-9-18(6-7-20-11)16(19)15-14(17)12-5-4-10(2)8-13(12)21-15/h4-5,8,11H,3,6-7,9,17H2,1-2H3. The molecule has 3 rings (SSSR count). The van der Waals surface area contributed by atoms with Gasteiger partial charge in [0.25, 0.3) is 5.91 Å². The van der Waals surface area contributed by atoms with E-state index in [0.29, 0.717) is 15.8 Å². The van der Waals surface area contributed by atoms with Crippen LogP contribution in [0.4, 0.5) is 5.69 Å². The zero-order valence-corrected chi connectivity index (χ0v) is 14.0. The second-order valence-electron chi connectivity index (χ2n) is 5.50. The van der Waals surface area contributed by atoms with Gasteiger partial charge in [0.05, 0.1) is 5.69 Å². The first-order chi connectivity index (χ1) is 10.1. The molecule has 0 spiro atoms. The molecule has 1 saturated heterocycles. The molecular weight excluding hydrogens is 300 g/mol. The Morgan fingerprint density at radius 2 is 2.29 bits per heavy atom. The molecule has 1 unspecified atom stereocenters. The summed E-state index contributed by atoms with van der Waals surface area (Å²) in [5.74, 6) is 1.12. The molecule has 1 aromatic heterocycles. The van der Waals surface area contributed by atoms with Crippen LogP contribution in [0.3, 0.4) is 0 Å². The molecule has 1 aliphatic rings. The summed E-state index contributed by atoms with van der Waals surface area (Å²) in [6, 6.07) is 6.17. The van der Waals surface area contributed by atoms with E-state index in [1.807, 2.05) is 28.8 Å². The van der Waals surface area contributed by atoms with Gasteiger partial charge < -0.3 is 10.6 Å². The SMILES string of the molecule is CCC1CN(C(=O)c2sc3cc(C)ccc3c2N)CCS1. The number of carbonyl (C=O) groups excluding carboxylic acids is 1. The summed E-state index contributed by atoms with van der Waals surface area (Å²) in [6.45, 7) is 5.91. The topological polar surface area (TPSA) is 46.3 Å². The number of thioether (sulfide) groups is 1. The van der Waals surface area contributed by atoms with E-state index in [4.69, 9.17) is 5.73 Å². The highest BCUT2D eigenvalue weighted by atomic mass is 32.2. The first-order valence-electron chi connectivity index (χ1n) is 7.29. The molecule has 5 heteroatoms. The van der Waals surface area contributed by atoms with Gasteiger partial charge >= 0.3 is 0 Å². The lowest BCUT2D eigenvalue weighted by molar-refractivity contribution is 0.0767. The molecule has 2 heterocycles. The lowest BCUT2D eigenvalue weighted by Gasteiger charge is -2.31. The maximum Gasteiger partial charge on any atom is 0.266 e. The van der Waals surface area contributed by atoms with Crippen molar-refractivity contribution in [3.05, 3.63) is 28.6 Å². The van der Waals surface area contributed by atoms with Gasteiger partial charge in [-0.1, -0.05) is 19.1 Å². The highest BCUT2D eigenvalue weighted by Crippen LogP contribution is 2.35.